The zero-order valence-electron chi connectivity index (χ0n) is 10.4. The van der Waals surface area contributed by atoms with Gasteiger partial charge in [0.1, 0.15) is 0 Å². The minimum absolute atomic E-state index is 0.229. The Morgan fingerprint density at radius 3 is 2.65 bits per heavy atom. The highest BCUT2D eigenvalue weighted by Crippen LogP contribution is 2.20. The third-order valence-corrected chi connectivity index (χ3v) is 2.78. The second kappa shape index (κ2) is 4.95. The molecule has 1 atom stereocenters. The van der Waals surface area contributed by atoms with Crippen molar-refractivity contribution in [1.82, 2.24) is 9.97 Å². The van der Waals surface area contributed by atoms with Crippen molar-refractivity contribution in [1.29, 1.82) is 0 Å². The van der Waals surface area contributed by atoms with Crippen molar-refractivity contribution in [3.8, 4) is 0 Å². The number of rotatable bonds is 3. The smallest absolute Gasteiger partial charge is 0.0607 e. The van der Waals surface area contributed by atoms with Crippen LogP contribution >= 0.6 is 0 Å². The molecule has 0 bridgehead atoms. The summed E-state index contributed by atoms with van der Waals surface area (Å²) in [6.45, 7) is 6.14. The van der Waals surface area contributed by atoms with Gasteiger partial charge in [-0.05, 0) is 44.5 Å². The van der Waals surface area contributed by atoms with Crippen LogP contribution in [0, 0.1) is 13.8 Å². The van der Waals surface area contributed by atoms with Gasteiger partial charge in [-0.1, -0.05) is 6.07 Å². The molecule has 88 valence electrons. The summed E-state index contributed by atoms with van der Waals surface area (Å²) in [5.41, 5.74) is 4.32. The number of nitrogens with zero attached hydrogens (tertiary/aromatic N) is 2. The second-order valence-corrected chi connectivity index (χ2v) is 4.24. The Labute approximate surface area is 102 Å². The Hall–Kier alpha value is -1.90. The number of hydrogen-bond donors (Lipinski definition) is 1. The summed E-state index contributed by atoms with van der Waals surface area (Å²) < 4.78 is 0. The third-order valence-electron chi connectivity index (χ3n) is 2.78. The van der Waals surface area contributed by atoms with E-state index in [1.54, 1.807) is 6.20 Å². The molecule has 3 heteroatoms. The minimum atomic E-state index is 0.229. The average molecular weight is 227 g/mol. The molecule has 2 aromatic rings. The predicted octanol–water partition coefficient (Wildman–Crippen LogP) is 3.27. The number of hydrogen-bond acceptors (Lipinski definition) is 3. The summed E-state index contributed by atoms with van der Waals surface area (Å²) in [5.74, 6) is 0. The summed E-state index contributed by atoms with van der Waals surface area (Å²) in [6.07, 6.45) is 3.67. The van der Waals surface area contributed by atoms with Crippen LogP contribution in [-0.2, 0) is 0 Å². The highest BCUT2D eigenvalue weighted by molar-refractivity contribution is 5.49. The Kier molecular flexibility index (Phi) is 3.38. The van der Waals surface area contributed by atoms with Gasteiger partial charge in [0.2, 0.25) is 0 Å². The molecule has 1 unspecified atom stereocenters. The van der Waals surface area contributed by atoms with E-state index >= 15 is 0 Å². The van der Waals surface area contributed by atoms with Crippen LogP contribution in [0.2, 0.25) is 0 Å². The molecule has 3 nitrogen and oxygen atoms in total. The van der Waals surface area contributed by atoms with Gasteiger partial charge in [-0.2, -0.15) is 0 Å². The van der Waals surface area contributed by atoms with Crippen molar-refractivity contribution >= 4 is 5.69 Å². The summed E-state index contributed by atoms with van der Waals surface area (Å²) in [5, 5.41) is 3.45. The lowest BCUT2D eigenvalue weighted by molar-refractivity contribution is 0.869. The van der Waals surface area contributed by atoms with E-state index < -0.39 is 0 Å². The SMILES string of the molecule is Cc1ccc(NC(C)c2cccnc2)c(C)n1. The molecule has 0 spiro atoms. The normalized spacial score (nSPS) is 12.2. The molecule has 2 rings (SSSR count). The number of nitrogens with one attached hydrogen (secondary N) is 1. The second-order valence-electron chi connectivity index (χ2n) is 4.24. The van der Waals surface area contributed by atoms with Crippen molar-refractivity contribution in [2.24, 2.45) is 0 Å². The summed E-state index contributed by atoms with van der Waals surface area (Å²) in [6, 6.07) is 8.34. The fourth-order valence-electron chi connectivity index (χ4n) is 1.79. The lowest BCUT2D eigenvalue weighted by atomic mass is 10.1. The molecule has 0 amide bonds. The molecule has 0 radical (unpaired) electrons. The predicted molar refractivity (Wildman–Crippen MR) is 70.0 cm³/mol. The van der Waals surface area contributed by atoms with Crippen LogP contribution in [0.15, 0.2) is 36.7 Å². The van der Waals surface area contributed by atoms with Crippen molar-refractivity contribution in [3.63, 3.8) is 0 Å². The minimum Gasteiger partial charge on any atom is -0.377 e. The van der Waals surface area contributed by atoms with Gasteiger partial charge in [0.25, 0.3) is 0 Å². The Morgan fingerprint density at radius 1 is 1.18 bits per heavy atom. The van der Waals surface area contributed by atoms with E-state index in [9.17, 15) is 0 Å². The van der Waals surface area contributed by atoms with Crippen LogP contribution in [0.1, 0.15) is 29.9 Å². The van der Waals surface area contributed by atoms with Gasteiger partial charge >= 0.3 is 0 Å². The lowest BCUT2D eigenvalue weighted by Crippen LogP contribution is -2.08. The zero-order valence-corrected chi connectivity index (χ0v) is 10.4. The maximum Gasteiger partial charge on any atom is 0.0607 e. The van der Waals surface area contributed by atoms with Crippen LogP contribution < -0.4 is 5.32 Å². The first-order valence-electron chi connectivity index (χ1n) is 5.77. The first kappa shape index (κ1) is 11.6. The number of anilines is 1. The number of pyridine rings is 2. The molecule has 0 saturated heterocycles. The third kappa shape index (κ3) is 2.81. The van der Waals surface area contributed by atoms with Crippen LogP contribution in [-0.4, -0.2) is 9.97 Å². The highest BCUT2D eigenvalue weighted by atomic mass is 14.9. The zero-order chi connectivity index (χ0) is 12.3. The van der Waals surface area contributed by atoms with Crippen LogP contribution in [0.25, 0.3) is 0 Å². The molecule has 0 aliphatic carbocycles. The first-order chi connectivity index (χ1) is 8.16. The van der Waals surface area contributed by atoms with Crippen molar-refractivity contribution in [2.75, 3.05) is 5.32 Å². The Bertz CT molecular complexity index is 494. The maximum atomic E-state index is 4.44. The summed E-state index contributed by atoms with van der Waals surface area (Å²) in [7, 11) is 0. The number of aryl methyl sites for hydroxylation is 2. The molecule has 0 aliphatic heterocycles. The van der Waals surface area contributed by atoms with Gasteiger partial charge in [0.15, 0.2) is 0 Å². The van der Waals surface area contributed by atoms with E-state index in [1.165, 1.54) is 5.56 Å². The number of aromatic nitrogens is 2. The Balaban J connectivity index is 2.16. The molecule has 2 heterocycles. The molecular formula is C14H17N3. The van der Waals surface area contributed by atoms with Crippen LogP contribution in [0.4, 0.5) is 5.69 Å². The van der Waals surface area contributed by atoms with Gasteiger partial charge in [-0.15, -0.1) is 0 Å². The van der Waals surface area contributed by atoms with E-state index in [-0.39, 0.29) is 6.04 Å². The lowest BCUT2D eigenvalue weighted by Gasteiger charge is -2.16. The highest BCUT2D eigenvalue weighted by Gasteiger charge is 2.07. The molecular weight excluding hydrogens is 210 g/mol. The van der Waals surface area contributed by atoms with E-state index in [4.69, 9.17) is 0 Å². The average Bonchev–Trinajstić information content (AvgIpc) is 2.34. The van der Waals surface area contributed by atoms with E-state index in [0.29, 0.717) is 0 Å². The molecule has 17 heavy (non-hydrogen) atoms. The van der Waals surface area contributed by atoms with Crippen molar-refractivity contribution in [3.05, 3.63) is 53.6 Å². The summed E-state index contributed by atoms with van der Waals surface area (Å²) in [4.78, 5) is 8.57. The van der Waals surface area contributed by atoms with Crippen LogP contribution in [0.3, 0.4) is 0 Å². The van der Waals surface area contributed by atoms with E-state index in [2.05, 4.69) is 34.3 Å². The van der Waals surface area contributed by atoms with Crippen molar-refractivity contribution < 1.29 is 0 Å². The largest absolute Gasteiger partial charge is 0.377 e. The van der Waals surface area contributed by atoms with Gasteiger partial charge in [-0.25, -0.2) is 0 Å². The van der Waals surface area contributed by atoms with E-state index in [0.717, 1.165) is 17.1 Å². The van der Waals surface area contributed by atoms with Gasteiger partial charge in [0.05, 0.1) is 17.4 Å². The fourth-order valence-corrected chi connectivity index (χ4v) is 1.79. The molecule has 2 aromatic heterocycles. The molecule has 0 aromatic carbocycles. The first-order valence-corrected chi connectivity index (χ1v) is 5.77. The Morgan fingerprint density at radius 2 is 2.00 bits per heavy atom. The molecule has 1 N–H and O–H groups in total. The maximum absolute atomic E-state index is 4.44. The molecule has 0 aliphatic rings. The molecule has 0 saturated carbocycles. The quantitative estimate of drug-likeness (QED) is 0.874. The van der Waals surface area contributed by atoms with Crippen LogP contribution in [0.5, 0.6) is 0 Å². The van der Waals surface area contributed by atoms with Gasteiger partial charge in [-0.3, -0.25) is 9.97 Å². The topological polar surface area (TPSA) is 37.8 Å². The van der Waals surface area contributed by atoms with E-state index in [1.807, 2.05) is 32.2 Å². The van der Waals surface area contributed by atoms with Gasteiger partial charge < -0.3 is 5.32 Å². The standard InChI is InChI=1S/C14H17N3/c1-10-6-7-14(12(3)16-10)17-11(2)13-5-4-8-15-9-13/h4-9,11,17H,1-3H3. The molecule has 0 fully saturated rings. The summed E-state index contributed by atoms with van der Waals surface area (Å²) >= 11 is 0. The van der Waals surface area contributed by atoms with Gasteiger partial charge in [0, 0.05) is 18.1 Å². The monoisotopic (exact) mass is 227 g/mol. The fraction of sp³-hybridized carbons (Fsp3) is 0.286. The van der Waals surface area contributed by atoms with Crippen molar-refractivity contribution in [2.45, 2.75) is 26.8 Å².